The van der Waals surface area contributed by atoms with Crippen LogP contribution in [0.3, 0.4) is 0 Å². The van der Waals surface area contributed by atoms with E-state index in [1.807, 2.05) is 12.1 Å². The smallest absolute Gasteiger partial charge is 0.347 e. The van der Waals surface area contributed by atoms with Gasteiger partial charge in [0.15, 0.2) is 11.6 Å². The lowest BCUT2D eigenvalue weighted by Gasteiger charge is -2.07. The van der Waals surface area contributed by atoms with E-state index in [1.54, 1.807) is 19.1 Å². The molecule has 1 N–H and O–H groups in total. The monoisotopic (exact) mass is 294 g/mol. The summed E-state index contributed by atoms with van der Waals surface area (Å²) in [6.07, 6.45) is 2.46. The van der Waals surface area contributed by atoms with Crippen molar-refractivity contribution in [3.05, 3.63) is 46.9 Å². The molecule has 2 rings (SSSR count). The molecule has 0 fully saturated rings. The highest BCUT2D eigenvalue weighted by atomic mass is 35.5. The summed E-state index contributed by atoms with van der Waals surface area (Å²) in [4.78, 5) is 12.4. The Balaban J connectivity index is 2.06. The summed E-state index contributed by atoms with van der Waals surface area (Å²) in [5.74, 6) is -0.511. The molecule has 0 radical (unpaired) electrons. The van der Waals surface area contributed by atoms with Gasteiger partial charge in [0.25, 0.3) is 0 Å². The summed E-state index contributed by atoms with van der Waals surface area (Å²) in [5, 5.41) is 7.04. The van der Waals surface area contributed by atoms with Crippen LogP contribution in [0, 0.1) is 5.82 Å². The topological polar surface area (TPSA) is 59.4 Å². The zero-order chi connectivity index (χ0) is 14.4. The lowest BCUT2D eigenvalue weighted by molar-refractivity contribution is 0.313. The van der Waals surface area contributed by atoms with Gasteiger partial charge in [0, 0.05) is 17.8 Å². The molecule has 0 aliphatic carbocycles. The molecule has 1 heterocycles. The number of aromatic nitrogens is 2. The summed E-state index contributed by atoms with van der Waals surface area (Å²) < 4.78 is 13.6. The lowest BCUT2D eigenvalue weighted by atomic mass is 10.2. The van der Waals surface area contributed by atoms with Gasteiger partial charge in [0.1, 0.15) is 0 Å². The number of anilines is 1. The fourth-order valence-electron chi connectivity index (χ4n) is 1.41. The van der Waals surface area contributed by atoms with Crippen LogP contribution in [0.15, 0.2) is 35.6 Å². The van der Waals surface area contributed by atoms with E-state index >= 15 is 0 Å². The highest BCUT2D eigenvalue weighted by Gasteiger charge is 2.07. The van der Waals surface area contributed by atoms with Gasteiger partial charge in [-0.25, -0.2) is 4.39 Å². The van der Waals surface area contributed by atoms with Crippen LogP contribution in [-0.4, -0.2) is 16.2 Å². The molecule has 0 aliphatic heterocycles. The van der Waals surface area contributed by atoms with Gasteiger partial charge >= 0.3 is 6.01 Å². The average molecular weight is 295 g/mol. The van der Waals surface area contributed by atoms with E-state index in [0.29, 0.717) is 11.6 Å². The number of hydrogen-bond donors (Lipinski definition) is 1. The van der Waals surface area contributed by atoms with Crippen LogP contribution in [0.25, 0.3) is 0 Å². The van der Waals surface area contributed by atoms with Crippen molar-refractivity contribution in [1.29, 1.82) is 0 Å². The fraction of sp³-hybridized carbons (Fsp3) is 0.154. The maximum absolute atomic E-state index is 13.6. The normalized spacial score (nSPS) is 10.8. The number of nitrogens with zero attached hydrogens (tertiary/aromatic N) is 3. The third-order valence-corrected chi connectivity index (χ3v) is 2.59. The Kier molecular flexibility index (Phi) is 4.84. The Labute approximate surface area is 120 Å². The minimum absolute atomic E-state index is 0.0249. The Hall–Kier alpha value is -2.21. The molecule has 104 valence electrons. The number of halogens is 2. The Morgan fingerprint density at radius 3 is 2.85 bits per heavy atom. The fourth-order valence-corrected chi connectivity index (χ4v) is 1.53. The summed E-state index contributed by atoms with van der Waals surface area (Å²) in [5.41, 5.74) is 0.946. The highest BCUT2D eigenvalue weighted by Crippen LogP contribution is 2.15. The molecule has 0 saturated heterocycles. The molecule has 0 bridgehead atoms. The summed E-state index contributed by atoms with van der Waals surface area (Å²) in [6.45, 7) is 2.09. The molecule has 7 heteroatoms. The molecule has 0 amide bonds. The first-order chi connectivity index (χ1) is 9.69. The Morgan fingerprint density at radius 1 is 1.40 bits per heavy atom. The molecule has 5 nitrogen and oxygen atoms in total. The average Bonchev–Trinajstić information content (AvgIpc) is 2.46. The van der Waals surface area contributed by atoms with Gasteiger partial charge in [0.2, 0.25) is 0 Å². The molecular formula is C13H12ClFN4O. The third-order valence-electron chi connectivity index (χ3n) is 2.33. The first kappa shape index (κ1) is 14.2. The van der Waals surface area contributed by atoms with E-state index in [1.165, 1.54) is 6.21 Å². The minimum Gasteiger partial charge on any atom is -0.363 e. The summed E-state index contributed by atoms with van der Waals surface area (Å²) >= 11 is 5.79. The minimum atomic E-state index is -0.563. The van der Waals surface area contributed by atoms with Gasteiger partial charge in [-0.2, -0.15) is 9.97 Å². The van der Waals surface area contributed by atoms with E-state index in [4.69, 9.17) is 16.4 Å². The number of oxime groups is 1. The second-order valence-electron chi connectivity index (χ2n) is 3.78. The maximum atomic E-state index is 13.6. The van der Waals surface area contributed by atoms with Crippen molar-refractivity contribution in [2.75, 3.05) is 5.32 Å². The van der Waals surface area contributed by atoms with E-state index < -0.39 is 5.82 Å². The molecule has 0 unspecified atom stereocenters. The molecule has 2 aromatic rings. The Morgan fingerprint density at radius 2 is 2.15 bits per heavy atom. The van der Waals surface area contributed by atoms with Crippen LogP contribution in [0.2, 0.25) is 5.02 Å². The van der Waals surface area contributed by atoms with Crippen molar-refractivity contribution < 1.29 is 9.23 Å². The standard InChI is InChI=1S/C13H12ClFN4O/c1-2-18-20-13-17-8-11(15)12(19-13)16-7-9-3-5-10(14)6-4-9/h2-6,8H,7H2,1H3,(H,16,17,19)/b18-2+. The quantitative estimate of drug-likeness (QED) is 0.679. The largest absolute Gasteiger partial charge is 0.363 e. The molecule has 1 aromatic heterocycles. The predicted octanol–water partition coefficient (Wildman–Crippen LogP) is 3.27. The molecule has 0 atom stereocenters. The molecular weight excluding hydrogens is 283 g/mol. The van der Waals surface area contributed by atoms with Crippen molar-refractivity contribution >= 4 is 23.6 Å². The van der Waals surface area contributed by atoms with Crippen LogP contribution >= 0.6 is 11.6 Å². The first-order valence-corrected chi connectivity index (χ1v) is 6.22. The number of hydrogen-bond acceptors (Lipinski definition) is 5. The van der Waals surface area contributed by atoms with Crippen LogP contribution in [-0.2, 0) is 6.54 Å². The molecule has 0 spiro atoms. The number of rotatable bonds is 5. The molecule has 20 heavy (non-hydrogen) atoms. The van der Waals surface area contributed by atoms with Crippen molar-refractivity contribution in [1.82, 2.24) is 9.97 Å². The van der Waals surface area contributed by atoms with Crippen LogP contribution in [0.1, 0.15) is 12.5 Å². The SMILES string of the molecule is C/C=N/Oc1ncc(F)c(NCc2ccc(Cl)cc2)n1. The predicted molar refractivity (Wildman–Crippen MR) is 75.6 cm³/mol. The third kappa shape index (κ3) is 3.89. The number of nitrogens with one attached hydrogen (secondary N) is 1. The lowest BCUT2D eigenvalue weighted by Crippen LogP contribution is -2.05. The van der Waals surface area contributed by atoms with Crippen LogP contribution in [0.4, 0.5) is 10.2 Å². The van der Waals surface area contributed by atoms with Crippen molar-refractivity contribution in [3.8, 4) is 6.01 Å². The van der Waals surface area contributed by atoms with Gasteiger partial charge in [-0.15, -0.1) is 0 Å². The van der Waals surface area contributed by atoms with Gasteiger partial charge in [-0.1, -0.05) is 28.9 Å². The van der Waals surface area contributed by atoms with E-state index in [0.717, 1.165) is 11.8 Å². The van der Waals surface area contributed by atoms with Gasteiger partial charge < -0.3 is 10.2 Å². The van der Waals surface area contributed by atoms with E-state index in [9.17, 15) is 4.39 Å². The Bertz CT molecular complexity index is 604. The van der Waals surface area contributed by atoms with Gasteiger partial charge in [0.05, 0.1) is 6.20 Å². The van der Waals surface area contributed by atoms with E-state index in [2.05, 4.69) is 20.4 Å². The summed E-state index contributed by atoms with van der Waals surface area (Å²) in [6, 6.07) is 7.18. The second kappa shape index (κ2) is 6.81. The van der Waals surface area contributed by atoms with Crippen molar-refractivity contribution in [2.45, 2.75) is 13.5 Å². The molecule has 1 aromatic carbocycles. The molecule has 0 aliphatic rings. The molecule has 0 saturated carbocycles. The van der Waals surface area contributed by atoms with Gasteiger partial charge in [-0.05, 0) is 24.6 Å². The first-order valence-electron chi connectivity index (χ1n) is 5.85. The van der Waals surface area contributed by atoms with E-state index in [-0.39, 0.29) is 11.8 Å². The van der Waals surface area contributed by atoms with Crippen LogP contribution < -0.4 is 10.2 Å². The van der Waals surface area contributed by atoms with Crippen LogP contribution in [0.5, 0.6) is 6.01 Å². The second-order valence-corrected chi connectivity index (χ2v) is 4.22. The summed E-state index contributed by atoms with van der Waals surface area (Å²) in [7, 11) is 0. The zero-order valence-electron chi connectivity index (χ0n) is 10.7. The maximum Gasteiger partial charge on any atom is 0.347 e. The zero-order valence-corrected chi connectivity index (χ0v) is 11.4. The van der Waals surface area contributed by atoms with Crippen molar-refractivity contribution in [2.24, 2.45) is 5.16 Å². The van der Waals surface area contributed by atoms with Gasteiger partial charge in [-0.3, -0.25) is 0 Å². The highest BCUT2D eigenvalue weighted by molar-refractivity contribution is 6.30. The van der Waals surface area contributed by atoms with Crippen molar-refractivity contribution in [3.63, 3.8) is 0 Å². The number of benzene rings is 1.